The molecule has 0 aromatic rings. The van der Waals surface area contributed by atoms with Crippen LogP contribution in [0.1, 0.15) is 26.7 Å². The third-order valence-electron chi connectivity index (χ3n) is 1.58. The molecule has 12 heavy (non-hydrogen) atoms. The zero-order valence-corrected chi connectivity index (χ0v) is 8.52. The van der Waals surface area contributed by atoms with Gasteiger partial charge in [-0.15, -0.1) is 0 Å². The van der Waals surface area contributed by atoms with Gasteiger partial charge in [0.1, 0.15) is 0 Å². The van der Waals surface area contributed by atoms with E-state index in [1.54, 1.807) is 0 Å². The van der Waals surface area contributed by atoms with Gasteiger partial charge >= 0.3 is 0 Å². The molecule has 1 N–H and O–H groups in total. The second kappa shape index (κ2) is 4.20. The summed E-state index contributed by atoms with van der Waals surface area (Å²) < 4.78 is 24.4. The molecule has 0 aromatic heterocycles. The molecule has 1 aliphatic carbocycles. The standard InChI is InChI=1S/C4H8O.C3H8O3S/c1-4(5)2-3-4;1-3-7(4,5)6-2/h5H,2-3H2,1H3;3H2,1-2H3. The molecule has 0 saturated heterocycles. The Hall–Kier alpha value is -0.130. The van der Waals surface area contributed by atoms with Crippen molar-refractivity contribution in [1.82, 2.24) is 0 Å². The Morgan fingerprint density at radius 2 is 1.83 bits per heavy atom. The van der Waals surface area contributed by atoms with Crippen LogP contribution in [0, 0.1) is 0 Å². The molecule has 4 nitrogen and oxygen atoms in total. The van der Waals surface area contributed by atoms with Gasteiger partial charge in [0.25, 0.3) is 10.1 Å². The smallest absolute Gasteiger partial charge is 0.266 e. The average Bonchev–Trinajstić information content (AvgIpc) is 2.67. The van der Waals surface area contributed by atoms with Crippen LogP contribution in [0.2, 0.25) is 0 Å². The van der Waals surface area contributed by atoms with E-state index in [4.69, 9.17) is 5.11 Å². The SMILES string of the molecule is CC1(O)CC1.CCS(=O)(=O)OC. The molecule has 1 aliphatic rings. The van der Waals surface area contributed by atoms with E-state index in [2.05, 4.69) is 4.18 Å². The summed E-state index contributed by atoms with van der Waals surface area (Å²) in [6.45, 7) is 3.38. The van der Waals surface area contributed by atoms with Crippen molar-refractivity contribution in [3.05, 3.63) is 0 Å². The zero-order valence-electron chi connectivity index (χ0n) is 7.70. The van der Waals surface area contributed by atoms with E-state index in [0.717, 1.165) is 20.0 Å². The average molecular weight is 196 g/mol. The van der Waals surface area contributed by atoms with Crippen LogP contribution < -0.4 is 0 Å². The van der Waals surface area contributed by atoms with Gasteiger partial charge in [0.15, 0.2) is 0 Å². The Morgan fingerprint density at radius 1 is 1.50 bits per heavy atom. The largest absolute Gasteiger partial charge is 0.390 e. The minimum absolute atomic E-state index is 0.0451. The highest BCUT2D eigenvalue weighted by molar-refractivity contribution is 7.86. The van der Waals surface area contributed by atoms with E-state index < -0.39 is 10.1 Å². The molecule has 0 amide bonds. The molecule has 0 heterocycles. The molecule has 0 atom stereocenters. The second-order valence-electron chi connectivity index (χ2n) is 3.01. The summed E-state index contributed by atoms with van der Waals surface area (Å²) in [5.41, 5.74) is -0.250. The second-order valence-corrected chi connectivity index (χ2v) is 5.04. The van der Waals surface area contributed by atoms with Crippen molar-refractivity contribution in [2.75, 3.05) is 12.9 Å². The molecule has 0 unspecified atom stereocenters. The Bertz CT molecular complexity index is 202. The van der Waals surface area contributed by atoms with Crippen molar-refractivity contribution in [3.63, 3.8) is 0 Å². The summed E-state index contributed by atoms with van der Waals surface area (Å²) >= 11 is 0. The zero-order chi connectivity index (χ0) is 9.83. The highest BCUT2D eigenvalue weighted by atomic mass is 32.2. The first-order valence-corrected chi connectivity index (χ1v) is 5.41. The van der Waals surface area contributed by atoms with Gasteiger partial charge in [0, 0.05) is 0 Å². The summed E-state index contributed by atoms with van der Waals surface area (Å²) in [4.78, 5) is 0. The van der Waals surface area contributed by atoms with E-state index in [-0.39, 0.29) is 11.4 Å². The molecule has 0 spiro atoms. The lowest BCUT2D eigenvalue weighted by Gasteiger charge is -1.90. The van der Waals surface area contributed by atoms with Gasteiger partial charge in [0.2, 0.25) is 0 Å². The van der Waals surface area contributed by atoms with E-state index in [9.17, 15) is 8.42 Å². The number of hydrogen-bond donors (Lipinski definition) is 1. The quantitative estimate of drug-likeness (QED) is 0.654. The van der Waals surface area contributed by atoms with E-state index in [1.165, 1.54) is 6.92 Å². The Morgan fingerprint density at radius 3 is 1.83 bits per heavy atom. The molecule has 0 aromatic carbocycles. The highest BCUT2D eigenvalue weighted by Crippen LogP contribution is 2.33. The lowest BCUT2D eigenvalue weighted by atomic mass is 10.4. The van der Waals surface area contributed by atoms with Gasteiger partial charge in [0.05, 0.1) is 18.5 Å². The third kappa shape index (κ3) is 6.57. The summed E-state index contributed by atoms with van der Waals surface area (Å²) in [5.74, 6) is 0.0451. The fourth-order valence-corrected chi connectivity index (χ4v) is 0.534. The van der Waals surface area contributed by atoms with Crippen LogP contribution in [-0.2, 0) is 14.3 Å². The molecular weight excluding hydrogens is 180 g/mol. The maximum absolute atomic E-state index is 10.1. The van der Waals surface area contributed by atoms with Crippen molar-refractivity contribution in [1.29, 1.82) is 0 Å². The monoisotopic (exact) mass is 196 g/mol. The van der Waals surface area contributed by atoms with Crippen LogP contribution in [0.15, 0.2) is 0 Å². The van der Waals surface area contributed by atoms with Crippen LogP contribution in [0.3, 0.4) is 0 Å². The lowest BCUT2D eigenvalue weighted by Crippen LogP contribution is -2.03. The molecule has 74 valence electrons. The highest BCUT2D eigenvalue weighted by Gasteiger charge is 2.33. The number of rotatable bonds is 2. The first-order valence-electron chi connectivity index (χ1n) is 3.83. The molecule has 1 fully saturated rings. The topological polar surface area (TPSA) is 63.6 Å². The van der Waals surface area contributed by atoms with Gasteiger partial charge in [-0.05, 0) is 26.7 Å². The van der Waals surface area contributed by atoms with E-state index in [1.807, 2.05) is 6.92 Å². The van der Waals surface area contributed by atoms with Crippen LogP contribution in [0.5, 0.6) is 0 Å². The van der Waals surface area contributed by atoms with E-state index in [0.29, 0.717) is 0 Å². The fraction of sp³-hybridized carbons (Fsp3) is 1.00. The summed E-state index contributed by atoms with van der Waals surface area (Å²) in [6, 6.07) is 0. The van der Waals surface area contributed by atoms with Gasteiger partial charge in [-0.25, -0.2) is 0 Å². The van der Waals surface area contributed by atoms with Crippen LogP contribution in [0.25, 0.3) is 0 Å². The van der Waals surface area contributed by atoms with Crippen LogP contribution in [-0.4, -0.2) is 32.0 Å². The van der Waals surface area contributed by atoms with Crippen LogP contribution >= 0.6 is 0 Å². The Balaban J connectivity index is 0.000000211. The molecule has 0 aliphatic heterocycles. The van der Waals surface area contributed by atoms with E-state index >= 15 is 0 Å². The summed E-state index contributed by atoms with van der Waals surface area (Å²) in [6.07, 6.45) is 2.01. The molecule has 0 bridgehead atoms. The number of hydrogen-bond acceptors (Lipinski definition) is 4. The first-order chi connectivity index (χ1) is 5.33. The molecular formula is C7H16O4S. The molecule has 0 radical (unpaired) electrons. The predicted molar refractivity (Wildman–Crippen MR) is 46.3 cm³/mol. The van der Waals surface area contributed by atoms with Gasteiger partial charge in [-0.3, -0.25) is 4.18 Å². The molecule has 5 heteroatoms. The first kappa shape index (κ1) is 11.9. The van der Waals surface area contributed by atoms with Gasteiger partial charge in [-0.2, -0.15) is 8.42 Å². The maximum atomic E-state index is 10.1. The minimum Gasteiger partial charge on any atom is -0.390 e. The van der Waals surface area contributed by atoms with Crippen LogP contribution in [0.4, 0.5) is 0 Å². The summed E-state index contributed by atoms with van der Waals surface area (Å²) in [5, 5.41) is 8.63. The third-order valence-corrected chi connectivity index (χ3v) is 2.80. The Labute approximate surface area is 73.7 Å². The van der Waals surface area contributed by atoms with Crippen molar-refractivity contribution in [2.24, 2.45) is 0 Å². The summed E-state index contributed by atoms with van der Waals surface area (Å²) in [7, 11) is -2.01. The van der Waals surface area contributed by atoms with Crippen molar-refractivity contribution >= 4 is 10.1 Å². The molecule has 1 saturated carbocycles. The van der Waals surface area contributed by atoms with Gasteiger partial charge in [-0.1, -0.05) is 0 Å². The minimum atomic E-state index is -3.16. The predicted octanol–water partition coefficient (Wildman–Crippen LogP) is 0.514. The van der Waals surface area contributed by atoms with Crippen molar-refractivity contribution < 1.29 is 17.7 Å². The van der Waals surface area contributed by atoms with Gasteiger partial charge < -0.3 is 5.11 Å². The number of aliphatic hydroxyl groups is 1. The normalized spacial score (nSPS) is 19.3. The fourth-order valence-electron chi connectivity index (χ4n) is 0.299. The Kier molecular flexibility index (Phi) is 4.16. The van der Waals surface area contributed by atoms with Crippen molar-refractivity contribution in [2.45, 2.75) is 32.3 Å². The maximum Gasteiger partial charge on any atom is 0.266 e. The van der Waals surface area contributed by atoms with Crippen molar-refractivity contribution in [3.8, 4) is 0 Å². The molecule has 1 rings (SSSR count). The lowest BCUT2D eigenvalue weighted by molar-refractivity contribution is 0.172.